The predicted molar refractivity (Wildman–Crippen MR) is 89.3 cm³/mol. The van der Waals surface area contributed by atoms with Crippen LogP contribution < -0.4 is 5.32 Å². The van der Waals surface area contributed by atoms with Crippen molar-refractivity contribution in [2.75, 3.05) is 19.4 Å². The van der Waals surface area contributed by atoms with E-state index in [0.29, 0.717) is 5.69 Å². The van der Waals surface area contributed by atoms with Crippen molar-refractivity contribution in [2.45, 2.75) is 4.90 Å². The van der Waals surface area contributed by atoms with Crippen LogP contribution in [0.2, 0.25) is 0 Å². The van der Waals surface area contributed by atoms with Crippen LogP contribution in [0.15, 0.2) is 52.7 Å². The number of nitrogens with zero attached hydrogens (tertiary/aromatic N) is 1. The third-order valence-electron chi connectivity index (χ3n) is 2.84. The molecule has 0 aliphatic carbocycles. The van der Waals surface area contributed by atoms with E-state index in [0.717, 1.165) is 9.18 Å². The molecule has 7 heteroatoms. The third-order valence-corrected chi connectivity index (χ3v) is 5.51. The number of benzene rings is 1. The number of nitrogens with one attached hydrogen (secondary N) is 1. The molecule has 0 spiro atoms. The Hall–Kier alpha value is -1.96. The summed E-state index contributed by atoms with van der Waals surface area (Å²) >= 11 is 1.54. The molecule has 2 rings (SSSR count). The number of carbonyl (C=O) groups is 1. The summed E-state index contributed by atoms with van der Waals surface area (Å²) in [6.07, 6.45) is 3.17. The highest BCUT2D eigenvalue weighted by Crippen LogP contribution is 2.17. The van der Waals surface area contributed by atoms with Gasteiger partial charge in [0.15, 0.2) is 0 Å². The predicted octanol–water partition coefficient (Wildman–Crippen LogP) is 2.65. The zero-order valence-electron chi connectivity index (χ0n) is 12.2. The van der Waals surface area contributed by atoms with Crippen molar-refractivity contribution >= 4 is 39.0 Å². The number of rotatable bonds is 5. The Morgan fingerprint density at radius 3 is 2.41 bits per heavy atom. The molecule has 0 saturated carbocycles. The van der Waals surface area contributed by atoms with Crippen LogP contribution in [0.5, 0.6) is 0 Å². The molecule has 0 saturated heterocycles. The Morgan fingerprint density at radius 1 is 1.18 bits per heavy atom. The molecule has 0 aliphatic heterocycles. The van der Waals surface area contributed by atoms with Gasteiger partial charge in [0, 0.05) is 30.7 Å². The maximum atomic E-state index is 11.9. The number of hydrogen-bond acceptors (Lipinski definition) is 4. The minimum atomic E-state index is -3.45. The van der Waals surface area contributed by atoms with Gasteiger partial charge in [0.05, 0.1) is 4.90 Å². The SMILES string of the molecule is CN(C)S(=O)(=O)c1ccc(NC(=O)C=Cc2cccs2)cc1. The quantitative estimate of drug-likeness (QED) is 0.854. The Balaban J connectivity index is 2.04. The smallest absolute Gasteiger partial charge is 0.248 e. The maximum Gasteiger partial charge on any atom is 0.248 e. The second-order valence-corrected chi connectivity index (χ2v) is 7.78. The van der Waals surface area contributed by atoms with Gasteiger partial charge in [-0.2, -0.15) is 0 Å². The molecule has 1 heterocycles. The summed E-state index contributed by atoms with van der Waals surface area (Å²) in [6, 6.07) is 9.88. The van der Waals surface area contributed by atoms with Crippen molar-refractivity contribution in [2.24, 2.45) is 0 Å². The molecule has 0 unspecified atom stereocenters. The van der Waals surface area contributed by atoms with Gasteiger partial charge in [0.1, 0.15) is 0 Å². The van der Waals surface area contributed by atoms with Gasteiger partial charge in [-0.05, 0) is 41.8 Å². The third kappa shape index (κ3) is 4.03. The summed E-state index contributed by atoms with van der Waals surface area (Å²) in [7, 11) is -0.509. The number of sulfonamides is 1. The zero-order chi connectivity index (χ0) is 16.2. The molecule has 0 bridgehead atoms. The van der Waals surface area contributed by atoms with Crippen LogP contribution in [0.4, 0.5) is 5.69 Å². The van der Waals surface area contributed by atoms with E-state index in [1.807, 2.05) is 17.5 Å². The Labute approximate surface area is 133 Å². The van der Waals surface area contributed by atoms with Gasteiger partial charge in [-0.15, -0.1) is 11.3 Å². The fourth-order valence-electron chi connectivity index (χ4n) is 1.65. The van der Waals surface area contributed by atoms with Crippen molar-refractivity contribution in [1.82, 2.24) is 4.31 Å². The van der Waals surface area contributed by atoms with E-state index in [4.69, 9.17) is 0 Å². The summed E-state index contributed by atoms with van der Waals surface area (Å²) in [6.45, 7) is 0. The second-order valence-electron chi connectivity index (χ2n) is 4.65. The highest BCUT2D eigenvalue weighted by Gasteiger charge is 2.16. The van der Waals surface area contributed by atoms with Gasteiger partial charge < -0.3 is 5.32 Å². The molecule has 22 heavy (non-hydrogen) atoms. The molecule has 116 valence electrons. The molecule has 0 aliphatic rings. The molecule has 0 radical (unpaired) electrons. The van der Waals surface area contributed by atoms with E-state index in [1.165, 1.54) is 32.3 Å². The highest BCUT2D eigenvalue weighted by molar-refractivity contribution is 7.89. The molecule has 1 aromatic heterocycles. The lowest BCUT2D eigenvalue weighted by atomic mass is 10.3. The van der Waals surface area contributed by atoms with E-state index in [-0.39, 0.29) is 10.8 Å². The van der Waals surface area contributed by atoms with E-state index in [9.17, 15) is 13.2 Å². The van der Waals surface area contributed by atoms with Crippen molar-refractivity contribution < 1.29 is 13.2 Å². The Bertz CT molecular complexity index is 762. The first kappa shape index (κ1) is 16.4. The van der Waals surface area contributed by atoms with Crippen molar-refractivity contribution in [1.29, 1.82) is 0 Å². The Kier molecular flexibility index (Phi) is 5.12. The molecule has 1 amide bonds. The van der Waals surface area contributed by atoms with Crippen molar-refractivity contribution in [3.05, 3.63) is 52.7 Å². The average Bonchev–Trinajstić information content (AvgIpc) is 2.99. The minimum Gasteiger partial charge on any atom is -0.323 e. The fourth-order valence-corrected chi connectivity index (χ4v) is 3.17. The normalized spacial score (nSPS) is 12.0. The lowest BCUT2D eigenvalue weighted by Gasteiger charge is -2.11. The maximum absolute atomic E-state index is 11.9. The molecule has 1 N–H and O–H groups in total. The molecule has 0 fully saturated rings. The molecular weight excluding hydrogens is 320 g/mol. The van der Waals surface area contributed by atoms with Gasteiger partial charge in [0.25, 0.3) is 0 Å². The first-order chi connectivity index (χ1) is 10.4. The second kappa shape index (κ2) is 6.87. The fraction of sp³-hybridized carbons (Fsp3) is 0.133. The monoisotopic (exact) mass is 336 g/mol. The first-order valence-electron chi connectivity index (χ1n) is 6.45. The van der Waals surface area contributed by atoms with Gasteiger partial charge >= 0.3 is 0 Å². The van der Waals surface area contributed by atoms with Crippen LogP contribution >= 0.6 is 11.3 Å². The largest absolute Gasteiger partial charge is 0.323 e. The van der Waals surface area contributed by atoms with E-state index < -0.39 is 10.0 Å². The number of amides is 1. The topological polar surface area (TPSA) is 66.5 Å². The summed E-state index contributed by atoms with van der Waals surface area (Å²) < 4.78 is 25.0. The lowest BCUT2D eigenvalue weighted by Crippen LogP contribution is -2.22. The van der Waals surface area contributed by atoms with Gasteiger partial charge in [-0.3, -0.25) is 4.79 Å². The summed E-state index contributed by atoms with van der Waals surface area (Å²) in [5.74, 6) is -0.267. The van der Waals surface area contributed by atoms with E-state index in [2.05, 4.69) is 5.32 Å². The molecular formula is C15H16N2O3S2. The number of carbonyl (C=O) groups excluding carboxylic acids is 1. The number of anilines is 1. The van der Waals surface area contributed by atoms with Gasteiger partial charge in [0.2, 0.25) is 15.9 Å². The molecule has 2 aromatic rings. The van der Waals surface area contributed by atoms with Gasteiger partial charge in [-0.25, -0.2) is 12.7 Å². The van der Waals surface area contributed by atoms with Crippen molar-refractivity contribution in [3.63, 3.8) is 0 Å². The zero-order valence-corrected chi connectivity index (χ0v) is 13.8. The van der Waals surface area contributed by atoms with Crippen LogP contribution in [0.3, 0.4) is 0 Å². The minimum absolute atomic E-state index is 0.185. The van der Waals surface area contributed by atoms with Crippen LogP contribution in [0, 0.1) is 0 Å². The molecule has 0 atom stereocenters. The Morgan fingerprint density at radius 2 is 1.86 bits per heavy atom. The number of thiophene rings is 1. The summed E-state index contributed by atoms with van der Waals surface area (Å²) in [4.78, 5) is 13.0. The highest BCUT2D eigenvalue weighted by atomic mass is 32.2. The average molecular weight is 336 g/mol. The molecule has 5 nitrogen and oxygen atoms in total. The van der Waals surface area contributed by atoms with Crippen LogP contribution in [-0.4, -0.2) is 32.7 Å². The van der Waals surface area contributed by atoms with Crippen molar-refractivity contribution in [3.8, 4) is 0 Å². The number of hydrogen-bond donors (Lipinski definition) is 1. The van der Waals surface area contributed by atoms with E-state index in [1.54, 1.807) is 29.5 Å². The standard InChI is InChI=1S/C15H16N2O3S2/c1-17(2)22(19,20)14-8-5-12(6-9-14)16-15(18)10-7-13-4-3-11-21-13/h3-11H,1-2H3,(H,16,18). The van der Waals surface area contributed by atoms with Crippen LogP contribution in [0.25, 0.3) is 6.08 Å². The lowest BCUT2D eigenvalue weighted by molar-refractivity contribution is -0.111. The summed E-state index contributed by atoms with van der Waals surface area (Å²) in [5, 5.41) is 4.61. The first-order valence-corrected chi connectivity index (χ1v) is 8.77. The molecule has 1 aromatic carbocycles. The van der Waals surface area contributed by atoms with Crippen LogP contribution in [0.1, 0.15) is 4.88 Å². The van der Waals surface area contributed by atoms with Crippen LogP contribution in [-0.2, 0) is 14.8 Å². The van der Waals surface area contributed by atoms with Gasteiger partial charge in [-0.1, -0.05) is 6.07 Å². The van der Waals surface area contributed by atoms with E-state index >= 15 is 0 Å². The summed E-state index contributed by atoms with van der Waals surface area (Å²) in [5.41, 5.74) is 0.540.